The Bertz CT molecular complexity index is 382. The maximum atomic E-state index is 12.0. The molecule has 1 atom stereocenters. The number of unbranched alkanes of at least 4 members (excludes halogenated alkanes) is 3. The van der Waals surface area contributed by atoms with E-state index in [0.717, 1.165) is 19.3 Å². The Morgan fingerprint density at radius 3 is 2.52 bits per heavy atom. The van der Waals surface area contributed by atoms with Gasteiger partial charge in [-0.3, -0.25) is 14.4 Å². The number of carbonyl (C=O) groups excluding carboxylic acids is 2. The number of carboxylic acids is 1. The van der Waals surface area contributed by atoms with E-state index >= 15 is 0 Å². The van der Waals surface area contributed by atoms with E-state index in [2.05, 4.69) is 5.32 Å². The smallest absolute Gasteiger partial charge is 0.303 e. The number of rotatable bonds is 9. The second-order valence-electron chi connectivity index (χ2n) is 5.89. The van der Waals surface area contributed by atoms with E-state index in [0.29, 0.717) is 25.9 Å². The number of nitrogens with zero attached hydrogens (tertiary/aromatic N) is 1. The third kappa shape index (κ3) is 6.14. The summed E-state index contributed by atoms with van der Waals surface area (Å²) in [6.07, 6.45) is 3.83. The lowest BCUT2D eigenvalue weighted by atomic mass is 10.1. The average molecular weight is 298 g/mol. The first kappa shape index (κ1) is 17.5. The predicted molar refractivity (Wildman–Crippen MR) is 78.7 cm³/mol. The topological polar surface area (TPSA) is 86.7 Å². The third-order valence-corrected chi connectivity index (χ3v) is 3.77. The Hall–Kier alpha value is -1.59. The first-order valence-corrected chi connectivity index (χ1v) is 7.70. The van der Waals surface area contributed by atoms with Crippen molar-refractivity contribution in [1.82, 2.24) is 10.2 Å². The molecule has 1 aliphatic heterocycles. The molecule has 2 amide bonds. The van der Waals surface area contributed by atoms with Gasteiger partial charge in [0.1, 0.15) is 0 Å². The van der Waals surface area contributed by atoms with E-state index in [-0.39, 0.29) is 30.2 Å². The number of hydrogen-bond acceptors (Lipinski definition) is 3. The predicted octanol–water partition coefficient (Wildman–Crippen LogP) is 1.39. The minimum Gasteiger partial charge on any atom is -0.481 e. The average Bonchev–Trinajstić information content (AvgIpc) is 2.79. The van der Waals surface area contributed by atoms with Gasteiger partial charge in [-0.15, -0.1) is 0 Å². The van der Waals surface area contributed by atoms with Gasteiger partial charge in [-0.1, -0.05) is 12.8 Å². The van der Waals surface area contributed by atoms with Crippen LogP contribution in [0.25, 0.3) is 0 Å². The van der Waals surface area contributed by atoms with Crippen molar-refractivity contribution < 1.29 is 19.5 Å². The van der Waals surface area contributed by atoms with Crippen LogP contribution in [0.4, 0.5) is 0 Å². The highest BCUT2D eigenvalue weighted by Crippen LogP contribution is 2.20. The summed E-state index contributed by atoms with van der Waals surface area (Å²) < 4.78 is 0. The van der Waals surface area contributed by atoms with Crippen molar-refractivity contribution in [3.05, 3.63) is 0 Å². The van der Waals surface area contributed by atoms with Crippen molar-refractivity contribution in [3.63, 3.8) is 0 Å². The minimum absolute atomic E-state index is 0.0444. The molecule has 0 radical (unpaired) electrons. The normalized spacial score (nSPS) is 18.3. The Morgan fingerprint density at radius 1 is 1.29 bits per heavy atom. The molecular weight excluding hydrogens is 272 g/mol. The van der Waals surface area contributed by atoms with Gasteiger partial charge >= 0.3 is 5.97 Å². The molecule has 0 aromatic heterocycles. The van der Waals surface area contributed by atoms with Gasteiger partial charge in [0.05, 0.1) is 5.92 Å². The van der Waals surface area contributed by atoms with Crippen LogP contribution < -0.4 is 5.32 Å². The summed E-state index contributed by atoms with van der Waals surface area (Å²) in [5, 5.41) is 11.4. The highest BCUT2D eigenvalue weighted by atomic mass is 16.4. The van der Waals surface area contributed by atoms with Crippen molar-refractivity contribution in [2.24, 2.45) is 5.92 Å². The number of nitrogens with one attached hydrogen (secondary N) is 1. The molecule has 120 valence electrons. The van der Waals surface area contributed by atoms with E-state index in [4.69, 9.17) is 5.11 Å². The SMILES string of the molecule is CC(C)N1CC(C(=O)NCCCCCCC(=O)O)CC1=O. The fourth-order valence-corrected chi connectivity index (χ4v) is 2.52. The largest absolute Gasteiger partial charge is 0.481 e. The summed E-state index contributed by atoms with van der Waals surface area (Å²) in [6.45, 7) is 5.02. The Labute approximate surface area is 125 Å². The van der Waals surface area contributed by atoms with Gasteiger partial charge < -0.3 is 15.3 Å². The molecule has 1 rings (SSSR count). The lowest BCUT2D eigenvalue weighted by Crippen LogP contribution is -2.35. The molecule has 6 nitrogen and oxygen atoms in total. The van der Waals surface area contributed by atoms with Crippen LogP contribution in [-0.2, 0) is 14.4 Å². The number of likely N-dealkylation sites (tertiary alicyclic amines) is 1. The maximum absolute atomic E-state index is 12.0. The van der Waals surface area contributed by atoms with E-state index in [1.54, 1.807) is 4.90 Å². The second-order valence-corrected chi connectivity index (χ2v) is 5.89. The van der Waals surface area contributed by atoms with Gasteiger partial charge in [0, 0.05) is 32.0 Å². The summed E-state index contributed by atoms with van der Waals surface area (Å²) in [5.74, 6) is -0.980. The summed E-state index contributed by atoms with van der Waals surface area (Å²) >= 11 is 0. The molecule has 0 aromatic rings. The van der Waals surface area contributed by atoms with Crippen molar-refractivity contribution in [1.29, 1.82) is 0 Å². The molecule has 1 fully saturated rings. The zero-order chi connectivity index (χ0) is 15.8. The Balaban J connectivity index is 2.12. The van der Waals surface area contributed by atoms with Crippen LogP contribution in [-0.4, -0.2) is 46.9 Å². The number of carboxylic acid groups (broad SMARTS) is 1. The molecule has 1 heterocycles. The molecule has 6 heteroatoms. The summed E-state index contributed by atoms with van der Waals surface area (Å²) in [4.78, 5) is 35.8. The third-order valence-electron chi connectivity index (χ3n) is 3.77. The molecule has 0 aromatic carbocycles. The van der Waals surface area contributed by atoms with Gasteiger partial charge in [-0.05, 0) is 26.7 Å². The van der Waals surface area contributed by atoms with E-state index in [9.17, 15) is 14.4 Å². The highest BCUT2D eigenvalue weighted by Gasteiger charge is 2.35. The van der Waals surface area contributed by atoms with Crippen molar-refractivity contribution in [3.8, 4) is 0 Å². The number of hydrogen-bond donors (Lipinski definition) is 2. The minimum atomic E-state index is -0.760. The molecule has 0 bridgehead atoms. The number of carbonyl (C=O) groups is 3. The molecule has 0 saturated carbocycles. The van der Waals surface area contributed by atoms with Crippen LogP contribution in [0.1, 0.15) is 52.4 Å². The lowest BCUT2D eigenvalue weighted by molar-refractivity contribution is -0.137. The molecule has 2 N–H and O–H groups in total. The van der Waals surface area contributed by atoms with Crippen molar-refractivity contribution >= 4 is 17.8 Å². The Kier molecular flexibility index (Phi) is 7.19. The summed E-state index contributed by atoms with van der Waals surface area (Å²) in [5.41, 5.74) is 0. The van der Waals surface area contributed by atoms with Gasteiger partial charge in [-0.25, -0.2) is 0 Å². The molecule has 21 heavy (non-hydrogen) atoms. The van der Waals surface area contributed by atoms with Crippen molar-refractivity contribution in [2.75, 3.05) is 13.1 Å². The number of aliphatic carboxylic acids is 1. The summed E-state index contributed by atoms with van der Waals surface area (Å²) in [6, 6.07) is 0.143. The highest BCUT2D eigenvalue weighted by molar-refractivity contribution is 5.89. The maximum Gasteiger partial charge on any atom is 0.303 e. The van der Waals surface area contributed by atoms with Crippen LogP contribution >= 0.6 is 0 Å². The van der Waals surface area contributed by atoms with Gasteiger partial charge in [0.15, 0.2) is 0 Å². The zero-order valence-electron chi connectivity index (χ0n) is 12.9. The van der Waals surface area contributed by atoms with Crippen LogP contribution in [0.5, 0.6) is 0 Å². The molecule has 1 aliphatic rings. The van der Waals surface area contributed by atoms with Crippen LogP contribution in [0.2, 0.25) is 0 Å². The van der Waals surface area contributed by atoms with Crippen LogP contribution in [0.15, 0.2) is 0 Å². The fourth-order valence-electron chi connectivity index (χ4n) is 2.52. The Morgan fingerprint density at radius 2 is 1.95 bits per heavy atom. The lowest BCUT2D eigenvalue weighted by Gasteiger charge is -2.20. The first-order valence-electron chi connectivity index (χ1n) is 7.70. The standard InChI is InChI=1S/C15H26N2O4/c1-11(2)17-10-12(9-13(17)18)15(21)16-8-6-4-3-5-7-14(19)20/h11-12H,3-10H2,1-2H3,(H,16,21)(H,19,20). The van der Waals surface area contributed by atoms with E-state index < -0.39 is 5.97 Å². The van der Waals surface area contributed by atoms with Crippen LogP contribution in [0.3, 0.4) is 0 Å². The summed E-state index contributed by atoms with van der Waals surface area (Å²) in [7, 11) is 0. The second kappa shape index (κ2) is 8.64. The molecular formula is C15H26N2O4. The monoisotopic (exact) mass is 298 g/mol. The van der Waals surface area contributed by atoms with Gasteiger partial charge in [0.2, 0.25) is 11.8 Å². The molecule has 1 saturated heterocycles. The van der Waals surface area contributed by atoms with Gasteiger partial charge in [-0.2, -0.15) is 0 Å². The molecule has 0 aliphatic carbocycles. The number of amides is 2. The van der Waals surface area contributed by atoms with Crippen LogP contribution in [0, 0.1) is 5.92 Å². The quantitative estimate of drug-likeness (QED) is 0.630. The first-order chi connectivity index (χ1) is 9.91. The fraction of sp³-hybridized carbons (Fsp3) is 0.800. The molecule has 1 unspecified atom stereocenters. The van der Waals surface area contributed by atoms with E-state index in [1.165, 1.54) is 0 Å². The van der Waals surface area contributed by atoms with Crippen molar-refractivity contribution in [2.45, 2.75) is 58.4 Å². The molecule has 0 spiro atoms. The zero-order valence-corrected chi connectivity index (χ0v) is 12.9. The van der Waals surface area contributed by atoms with Gasteiger partial charge in [0.25, 0.3) is 0 Å². The van der Waals surface area contributed by atoms with E-state index in [1.807, 2.05) is 13.8 Å².